The minimum absolute atomic E-state index is 0.348. The lowest BCUT2D eigenvalue weighted by atomic mass is 9.88. The molecule has 0 saturated heterocycles. The molecule has 0 fully saturated rings. The maximum absolute atomic E-state index is 3.83. The molecule has 0 amide bonds. The third-order valence-electron chi connectivity index (χ3n) is 4.43. The normalized spacial score (nSPS) is 14.4. The topological polar surface area (TPSA) is 12.0 Å². The summed E-state index contributed by atoms with van der Waals surface area (Å²) in [6, 6.07) is 21.9. The molecule has 0 radical (unpaired) electrons. The number of hydrogen-bond acceptors (Lipinski definition) is 1. The Balaban J connectivity index is 2.23. The number of rotatable bonds is 9. The number of halogens is 1. The van der Waals surface area contributed by atoms with Crippen molar-refractivity contribution < 1.29 is 0 Å². The van der Waals surface area contributed by atoms with Crippen LogP contribution in [0.2, 0.25) is 0 Å². The van der Waals surface area contributed by atoms with Gasteiger partial charge in [-0.3, -0.25) is 0 Å². The molecule has 24 heavy (non-hydrogen) atoms. The highest BCUT2D eigenvalue weighted by molar-refractivity contribution is 14.1. The molecule has 0 heterocycles. The number of allylic oxidation sites excluding steroid dienone is 1. The van der Waals surface area contributed by atoms with Gasteiger partial charge in [0.25, 0.3) is 0 Å². The first-order valence-electron chi connectivity index (χ1n) is 8.90. The molecule has 1 nitrogen and oxygen atoms in total. The molecule has 128 valence electrons. The maximum atomic E-state index is 3.83. The molecule has 0 unspecified atom stereocenters. The summed E-state index contributed by atoms with van der Waals surface area (Å²) in [5.41, 5.74) is 2.72. The van der Waals surface area contributed by atoms with Crippen LogP contribution in [0.3, 0.4) is 0 Å². The fraction of sp³-hybridized carbons (Fsp3) is 0.364. The highest BCUT2D eigenvalue weighted by Gasteiger charge is 2.24. The van der Waals surface area contributed by atoms with E-state index in [2.05, 4.69) is 108 Å². The summed E-state index contributed by atoms with van der Waals surface area (Å²) in [4.78, 5) is 0. The van der Waals surface area contributed by atoms with Crippen LogP contribution in [0.25, 0.3) is 0 Å². The lowest BCUT2D eigenvalue weighted by Crippen LogP contribution is -2.28. The van der Waals surface area contributed by atoms with Crippen LogP contribution >= 0.6 is 22.6 Å². The Morgan fingerprint density at radius 3 is 2.25 bits per heavy atom. The van der Waals surface area contributed by atoms with Gasteiger partial charge in [-0.05, 0) is 50.6 Å². The molecule has 2 aromatic carbocycles. The van der Waals surface area contributed by atoms with Crippen molar-refractivity contribution in [2.75, 3.05) is 0 Å². The SMILES string of the molecule is C/C=C(/I)[C@H](CCCC)[C@H](NCc1ccccc1)c1ccccc1. The average Bonchev–Trinajstić information content (AvgIpc) is 2.65. The van der Waals surface area contributed by atoms with E-state index in [0.29, 0.717) is 12.0 Å². The van der Waals surface area contributed by atoms with Crippen molar-refractivity contribution in [2.45, 2.75) is 45.7 Å². The van der Waals surface area contributed by atoms with Gasteiger partial charge in [-0.25, -0.2) is 0 Å². The molecule has 0 aliphatic carbocycles. The highest BCUT2D eigenvalue weighted by Crippen LogP contribution is 2.35. The van der Waals surface area contributed by atoms with Crippen LogP contribution in [-0.2, 0) is 6.54 Å². The molecule has 2 atom stereocenters. The number of hydrogen-bond donors (Lipinski definition) is 1. The smallest absolute Gasteiger partial charge is 0.0396 e. The molecular weight excluding hydrogens is 405 g/mol. The van der Waals surface area contributed by atoms with Gasteiger partial charge in [-0.15, -0.1) is 0 Å². The van der Waals surface area contributed by atoms with E-state index in [1.54, 1.807) is 0 Å². The monoisotopic (exact) mass is 433 g/mol. The van der Waals surface area contributed by atoms with Crippen molar-refractivity contribution in [1.82, 2.24) is 5.32 Å². The van der Waals surface area contributed by atoms with Crippen molar-refractivity contribution in [1.29, 1.82) is 0 Å². The third-order valence-corrected chi connectivity index (χ3v) is 5.85. The van der Waals surface area contributed by atoms with E-state index in [1.807, 2.05) is 0 Å². The molecule has 0 aliphatic heterocycles. The number of unbranched alkanes of at least 4 members (excludes halogenated alkanes) is 1. The first-order valence-corrected chi connectivity index (χ1v) is 9.98. The van der Waals surface area contributed by atoms with Crippen LogP contribution in [-0.4, -0.2) is 0 Å². The molecule has 0 spiro atoms. The van der Waals surface area contributed by atoms with Gasteiger partial charge in [0.05, 0.1) is 0 Å². The fourth-order valence-corrected chi connectivity index (χ4v) is 3.75. The summed E-state index contributed by atoms with van der Waals surface area (Å²) in [5.74, 6) is 0.529. The van der Waals surface area contributed by atoms with Crippen molar-refractivity contribution >= 4 is 22.6 Å². The van der Waals surface area contributed by atoms with Crippen molar-refractivity contribution in [3.63, 3.8) is 0 Å². The first-order chi connectivity index (χ1) is 11.8. The van der Waals surface area contributed by atoms with Crippen LogP contribution < -0.4 is 5.32 Å². The van der Waals surface area contributed by atoms with Gasteiger partial charge < -0.3 is 5.32 Å². The number of nitrogens with one attached hydrogen (secondary N) is 1. The summed E-state index contributed by atoms with van der Waals surface area (Å²) in [7, 11) is 0. The Kier molecular flexibility index (Phi) is 8.54. The quantitative estimate of drug-likeness (QED) is 0.436. The zero-order chi connectivity index (χ0) is 17.2. The molecular formula is C22H28IN. The van der Waals surface area contributed by atoms with E-state index in [9.17, 15) is 0 Å². The molecule has 0 saturated carbocycles. The summed E-state index contributed by atoms with van der Waals surface area (Å²) < 4.78 is 1.45. The van der Waals surface area contributed by atoms with Gasteiger partial charge in [0.15, 0.2) is 0 Å². The predicted molar refractivity (Wildman–Crippen MR) is 113 cm³/mol. The summed E-state index contributed by atoms with van der Waals surface area (Å²) in [5, 5.41) is 3.83. The predicted octanol–water partition coefficient (Wildman–Crippen LogP) is 6.66. The van der Waals surface area contributed by atoms with Gasteiger partial charge in [-0.1, -0.05) is 86.5 Å². The second-order valence-electron chi connectivity index (χ2n) is 6.18. The lowest BCUT2D eigenvalue weighted by Gasteiger charge is -2.29. The second-order valence-corrected chi connectivity index (χ2v) is 7.42. The third kappa shape index (κ3) is 5.75. The maximum Gasteiger partial charge on any atom is 0.0396 e. The van der Waals surface area contributed by atoms with E-state index in [1.165, 1.54) is 34.0 Å². The van der Waals surface area contributed by atoms with E-state index < -0.39 is 0 Å². The molecule has 0 aliphatic rings. The minimum atomic E-state index is 0.348. The summed E-state index contributed by atoms with van der Waals surface area (Å²) in [6.07, 6.45) is 5.99. The lowest BCUT2D eigenvalue weighted by molar-refractivity contribution is 0.386. The van der Waals surface area contributed by atoms with Crippen LogP contribution in [0.4, 0.5) is 0 Å². The van der Waals surface area contributed by atoms with Gasteiger partial charge in [0.2, 0.25) is 0 Å². The average molecular weight is 433 g/mol. The second kappa shape index (κ2) is 10.7. The van der Waals surface area contributed by atoms with E-state index in [0.717, 1.165) is 6.54 Å². The molecule has 2 rings (SSSR count). The van der Waals surface area contributed by atoms with Gasteiger partial charge in [0.1, 0.15) is 0 Å². The Morgan fingerprint density at radius 2 is 1.67 bits per heavy atom. The van der Waals surface area contributed by atoms with Crippen LogP contribution in [0, 0.1) is 5.92 Å². The van der Waals surface area contributed by atoms with Crippen LogP contribution in [0.15, 0.2) is 70.3 Å². The molecule has 0 aromatic heterocycles. The van der Waals surface area contributed by atoms with E-state index >= 15 is 0 Å². The van der Waals surface area contributed by atoms with Crippen molar-refractivity contribution in [3.05, 3.63) is 81.4 Å². The molecule has 0 bridgehead atoms. The van der Waals surface area contributed by atoms with Crippen molar-refractivity contribution in [3.8, 4) is 0 Å². The van der Waals surface area contributed by atoms with Crippen LogP contribution in [0.1, 0.15) is 50.3 Å². The Hall–Kier alpha value is -1.13. The summed E-state index contributed by atoms with van der Waals surface area (Å²) >= 11 is 2.52. The van der Waals surface area contributed by atoms with Gasteiger partial charge in [-0.2, -0.15) is 0 Å². The zero-order valence-electron chi connectivity index (χ0n) is 14.7. The molecule has 2 aromatic rings. The van der Waals surface area contributed by atoms with Crippen LogP contribution in [0.5, 0.6) is 0 Å². The van der Waals surface area contributed by atoms with Gasteiger partial charge >= 0.3 is 0 Å². The van der Waals surface area contributed by atoms with Gasteiger partial charge in [0, 0.05) is 18.5 Å². The standard InChI is InChI=1S/C22H28IN/c1-3-5-16-20(21(23)4-2)22(19-14-10-7-11-15-19)24-17-18-12-8-6-9-13-18/h4,6-15,20,22,24H,3,5,16-17H2,1-2H3/b21-4+/t20-,22+/m0/s1. The Bertz CT molecular complexity index is 606. The minimum Gasteiger partial charge on any atom is -0.305 e. The Labute approximate surface area is 160 Å². The molecule has 2 heteroatoms. The first kappa shape index (κ1) is 19.2. The largest absolute Gasteiger partial charge is 0.305 e. The summed E-state index contributed by atoms with van der Waals surface area (Å²) in [6.45, 7) is 5.32. The van der Waals surface area contributed by atoms with E-state index in [4.69, 9.17) is 0 Å². The zero-order valence-corrected chi connectivity index (χ0v) is 16.9. The molecule has 1 N–H and O–H groups in total. The van der Waals surface area contributed by atoms with Crippen molar-refractivity contribution in [2.24, 2.45) is 5.92 Å². The van der Waals surface area contributed by atoms with E-state index in [-0.39, 0.29) is 0 Å². The highest BCUT2D eigenvalue weighted by atomic mass is 127. The Morgan fingerprint density at radius 1 is 1.04 bits per heavy atom. The fourth-order valence-electron chi connectivity index (χ4n) is 3.08. The number of benzene rings is 2.